The summed E-state index contributed by atoms with van der Waals surface area (Å²) in [4.78, 5) is 64.1. The van der Waals surface area contributed by atoms with Crippen molar-refractivity contribution >= 4 is 41.7 Å². The highest BCUT2D eigenvalue weighted by atomic mass is 16.5. The zero-order chi connectivity index (χ0) is 33.0. The number of nitrogens with one attached hydrogen (secondary N) is 1. The summed E-state index contributed by atoms with van der Waals surface area (Å²) in [6, 6.07) is 12.2. The molecule has 2 rings (SSSR count). The number of carbonyl (C=O) groups is 5. The Bertz CT molecular complexity index is 1450. The van der Waals surface area contributed by atoms with Gasteiger partial charge in [0.05, 0.1) is 18.1 Å². The highest BCUT2D eigenvalue weighted by molar-refractivity contribution is 6.02. The predicted molar refractivity (Wildman–Crippen MR) is 162 cm³/mol. The minimum Gasteiger partial charge on any atom is -0.481 e. The van der Waals surface area contributed by atoms with Crippen LogP contribution in [0.5, 0.6) is 5.75 Å². The zero-order valence-electron chi connectivity index (χ0n) is 25.0. The topological polar surface area (TPSA) is 197 Å². The molecule has 5 N–H and O–H groups in total. The van der Waals surface area contributed by atoms with Crippen molar-refractivity contribution in [3.05, 3.63) is 82.9 Å². The highest BCUT2D eigenvalue weighted by Crippen LogP contribution is 2.34. The van der Waals surface area contributed by atoms with Crippen LogP contribution >= 0.6 is 0 Å². The summed E-state index contributed by atoms with van der Waals surface area (Å²) >= 11 is 0. The van der Waals surface area contributed by atoms with Gasteiger partial charge in [-0.15, -0.1) is 0 Å². The smallest absolute Gasteiger partial charge is 0.343 e. The number of rotatable bonds is 15. The maximum atomic E-state index is 13.8. The van der Waals surface area contributed by atoms with E-state index in [2.05, 4.69) is 0 Å². The number of nitrogens with two attached hydrogens (primary N) is 1. The van der Waals surface area contributed by atoms with Crippen LogP contribution in [0.15, 0.2) is 66.3 Å². The molecule has 0 spiro atoms. The third-order valence-electron chi connectivity index (χ3n) is 6.99. The lowest BCUT2D eigenvalue weighted by molar-refractivity contribution is -0.170. The molecule has 0 saturated heterocycles. The number of nitrogen functional groups attached to an aromatic ring is 1. The SMILES string of the molecule is CCOC(=O)C=CCN(C(=O)C(C)=Cc1ccc(C(=O)Oc2ccc(C(=N)N)cc2)cc1)[C@](CC)(C(=O)O)C(CC)C(=O)O. The maximum Gasteiger partial charge on any atom is 0.343 e. The molecule has 0 bridgehead atoms. The van der Waals surface area contributed by atoms with Crippen molar-refractivity contribution < 1.29 is 43.7 Å². The first-order chi connectivity index (χ1) is 20.8. The van der Waals surface area contributed by atoms with E-state index in [4.69, 9.17) is 20.6 Å². The fourth-order valence-corrected chi connectivity index (χ4v) is 4.74. The van der Waals surface area contributed by atoms with E-state index in [9.17, 15) is 34.2 Å². The van der Waals surface area contributed by atoms with Gasteiger partial charge in [-0.05, 0) is 74.7 Å². The molecule has 1 unspecified atom stereocenters. The van der Waals surface area contributed by atoms with Gasteiger partial charge in [-0.1, -0.05) is 32.1 Å². The number of amidine groups is 1. The van der Waals surface area contributed by atoms with Crippen LogP contribution in [0, 0.1) is 11.3 Å². The highest BCUT2D eigenvalue weighted by Gasteiger charge is 2.53. The lowest BCUT2D eigenvalue weighted by Gasteiger charge is -2.43. The molecule has 0 fully saturated rings. The Morgan fingerprint density at radius 3 is 2.05 bits per heavy atom. The van der Waals surface area contributed by atoms with Crippen molar-refractivity contribution in [1.82, 2.24) is 4.90 Å². The van der Waals surface area contributed by atoms with Gasteiger partial charge in [-0.3, -0.25) is 15.0 Å². The molecule has 0 heterocycles. The Morgan fingerprint density at radius 1 is 0.977 bits per heavy atom. The summed E-state index contributed by atoms with van der Waals surface area (Å²) < 4.78 is 10.2. The standard InChI is InChI=1S/C32H37N3O9/c1-5-25(29(38)39)32(6-2,31(41)42)35(18-8-9-26(36)43-7-3)28(37)20(4)19-21-10-12-23(13-11-21)30(40)44-24-16-14-22(15-17-24)27(33)34/h8-17,19,25H,5-7,18H2,1-4H3,(H3,33,34)(H,38,39)(H,41,42)/t25?,32-/m0/s1. The number of hydrogen-bond acceptors (Lipinski definition) is 8. The number of amides is 1. The molecular formula is C32H37N3O9. The van der Waals surface area contributed by atoms with Crippen LogP contribution in [-0.4, -0.2) is 69.4 Å². The normalized spacial score (nSPS) is 13.4. The first kappa shape index (κ1) is 34.9. The first-order valence-corrected chi connectivity index (χ1v) is 13.9. The molecule has 0 aliphatic rings. The molecule has 12 heteroatoms. The second kappa shape index (κ2) is 15.8. The summed E-state index contributed by atoms with van der Waals surface area (Å²) in [6.45, 7) is 5.84. The number of carboxylic acids is 2. The molecule has 0 saturated carbocycles. The lowest BCUT2D eigenvalue weighted by atomic mass is 9.77. The number of esters is 2. The summed E-state index contributed by atoms with van der Waals surface area (Å²) in [7, 11) is 0. The lowest BCUT2D eigenvalue weighted by Crippen LogP contribution is -2.63. The summed E-state index contributed by atoms with van der Waals surface area (Å²) in [5.41, 5.74) is 4.60. The van der Waals surface area contributed by atoms with Crippen LogP contribution in [0.25, 0.3) is 6.08 Å². The van der Waals surface area contributed by atoms with Gasteiger partial charge in [-0.25, -0.2) is 14.4 Å². The predicted octanol–water partition coefficient (Wildman–Crippen LogP) is 3.89. The molecule has 12 nitrogen and oxygen atoms in total. The van der Waals surface area contributed by atoms with Gasteiger partial charge in [-0.2, -0.15) is 0 Å². The number of benzene rings is 2. The molecule has 0 aliphatic heterocycles. The van der Waals surface area contributed by atoms with Crippen LogP contribution in [0.2, 0.25) is 0 Å². The average Bonchev–Trinajstić information content (AvgIpc) is 2.98. The van der Waals surface area contributed by atoms with Crippen LogP contribution in [0.1, 0.15) is 62.0 Å². The van der Waals surface area contributed by atoms with Gasteiger partial charge in [0.15, 0.2) is 5.54 Å². The fraction of sp³-hybridized carbons (Fsp3) is 0.312. The molecule has 1 amide bonds. The minimum atomic E-state index is -2.12. The minimum absolute atomic E-state index is 0.0674. The Hall–Kier alpha value is -5.26. The molecule has 0 aliphatic carbocycles. The quantitative estimate of drug-likeness (QED) is 0.0758. The van der Waals surface area contributed by atoms with Gasteiger partial charge in [0.25, 0.3) is 5.91 Å². The van der Waals surface area contributed by atoms with Crippen LogP contribution in [0.3, 0.4) is 0 Å². The Kier molecular flexibility index (Phi) is 12.6. The third-order valence-corrected chi connectivity index (χ3v) is 6.99. The monoisotopic (exact) mass is 607 g/mol. The molecule has 44 heavy (non-hydrogen) atoms. The summed E-state index contributed by atoms with van der Waals surface area (Å²) in [5, 5.41) is 27.7. The maximum absolute atomic E-state index is 13.8. The van der Waals surface area contributed by atoms with Crippen molar-refractivity contribution in [2.24, 2.45) is 11.7 Å². The van der Waals surface area contributed by atoms with Crippen molar-refractivity contribution in [2.75, 3.05) is 13.2 Å². The summed E-state index contributed by atoms with van der Waals surface area (Å²) in [6.07, 6.45) is 3.52. The van der Waals surface area contributed by atoms with Crippen LogP contribution in [-0.2, 0) is 23.9 Å². The average molecular weight is 608 g/mol. The molecule has 2 aromatic rings. The van der Waals surface area contributed by atoms with Crippen molar-refractivity contribution in [3.63, 3.8) is 0 Å². The van der Waals surface area contributed by atoms with Crippen molar-refractivity contribution in [1.29, 1.82) is 5.41 Å². The van der Waals surface area contributed by atoms with Gasteiger partial charge in [0.1, 0.15) is 11.6 Å². The molecule has 2 aromatic carbocycles. The van der Waals surface area contributed by atoms with Gasteiger partial charge in [0, 0.05) is 23.8 Å². The summed E-state index contributed by atoms with van der Waals surface area (Å²) in [5.74, 6) is -6.25. The number of aliphatic carboxylic acids is 2. The Morgan fingerprint density at radius 2 is 1.57 bits per heavy atom. The number of carbonyl (C=O) groups excluding carboxylic acids is 3. The molecular weight excluding hydrogens is 570 g/mol. The van der Waals surface area contributed by atoms with Crippen molar-refractivity contribution in [2.45, 2.75) is 46.1 Å². The Labute approximate surface area is 255 Å². The fourth-order valence-electron chi connectivity index (χ4n) is 4.74. The third kappa shape index (κ3) is 8.40. The molecule has 234 valence electrons. The number of carboxylic acid groups (broad SMARTS) is 2. The van der Waals surface area contributed by atoms with E-state index < -0.39 is 41.2 Å². The second-order valence-corrected chi connectivity index (χ2v) is 9.73. The second-order valence-electron chi connectivity index (χ2n) is 9.73. The van der Waals surface area contributed by atoms with E-state index in [1.165, 1.54) is 57.2 Å². The van der Waals surface area contributed by atoms with E-state index in [1.54, 1.807) is 31.2 Å². The molecule has 0 aromatic heterocycles. The van der Waals surface area contributed by atoms with Crippen molar-refractivity contribution in [3.8, 4) is 5.75 Å². The van der Waals surface area contributed by atoms with E-state index in [0.29, 0.717) is 11.1 Å². The van der Waals surface area contributed by atoms with E-state index in [1.807, 2.05) is 0 Å². The Balaban J connectivity index is 2.40. The number of hydrogen-bond donors (Lipinski definition) is 4. The van der Waals surface area contributed by atoms with E-state index >= 15 is 0 Å². The van der Waals surface area contributed by atoms with Crippen LogP contribution < -0.4 is 10.5 Å². The number of nitrogens with zero attached hydrogens (tertiary/aromatic N) is 1. The van der Waals surface area contributed by atoms with Gasteiger partial charge >= 0.3 is 23.9 Å². The molecule has 0 radical (unpaired) electrons. The van der Waals surface area contributed by atoms with Gasteiger partial charge < -0.3 is 30.3 Å². The largest absolute Gasteiger partial charge is 0.481 e. The molecule has 2 atom stereocenters. The van der Waals surface area contributed by atoms with E-state index in [-0.39, 0.29) is 48.7 Å². The van der Waals surface area contributed by atoms with Gasteiger partial charge in [0.2, 0.25) is 0 Å². The zero-order valence-corrected chi connectivity index (χ0v) is 25.0. The first-order valence-electron chi connectivity index (χ1n) is 13.9. The van der Waals surface area contributed by atoms with E-state index in [0.717, 1.165) is 11.0 Å². The number of ether oxygens (including phenoxy) is 2. The van der Waals surface area contributed by atoms with Crippen LogP contribution in [0.4, 0.5) is 0 Å².